The molecule has 0 aliphatic heterocycles. The van der Waals surface area contributed by atoms with Crippen molar-refractivity contribution in [3.05, 3.63) is 59.0 Å². The van der Waals surface area contributed by atoms with E-state index >= 15 is 0 Å². The third-order valence-electron chi connectivity index (χ3n) is 4.27. The Labute approximate surface area is 140 Å². The molecule has 0 radical (unpaired) electrons. The van der Waals surface area contributed by atoms with Gasteiger partial charge in [0.05, 0.1) is 6.26 Å². The van der Waals surface area contributed by atoms with E-state index < -0.39 is 6.10 Å². The Morgan fingerprint density at radius 1 is 1.39 bits per heavy atom. The van der Waals surface area contributed by atoms with Gasteiger partial charge in [-0.05, 0) is 43.0 Å². The summed E-state index contributed by atoms with van der Waals surface area (Å²) in [4.78, 5) is 12.3. The standard InChI is InChI=1S/C18H20ClNO3/c1-11(9-16(21)17-7-4-8-23-17)20-18(22)14-10-13(14)12-5-2-3-6-15(12)19/h2-8,11,13-14,16,21H,9-10H2,1H3,(H,20,22). The molecular weight excluding hydrogens is 314 g/mol. The molecule has 122 valence electrons. The first-order valence-electron chi connectivity index (χ1n) is 7.82. The molecule has 1 aliphatic rings. The highest BCUT2D eigenvalue weighted by atomic mass is 35.5. The average Bonchev–Trinajstić information content (AvgIpc) is 3.11. The Hall–Kier alpha value is -1.78. The molecule has 5 heteroatoms. The van der Waals surface area contributed by atoms with Gasteiger partial charge in [0.25, 0.3) is 0 Å². The molecular formula is C18H20ClNO3. The smallest absolute Gasteiger partial charge is 0.223 e. The molecule has 1 amide bonds. The number of furan rings is 1. The molecule has 1 aromatic heterocycles. The van der Waals surface area contributed by atoms with E-state index in [1.807, 2.05) is 31.2 Å². The summed E-state index contributed by atoms with van der Waals surface area (Å²) in [6, 6.07) is 11.0. The van der Waals surface area contributed by atoms with Gasteiger partial charge in [-0.1, -0.05) is 29.8 Å². The fourth-order valence-corrected chi connectivity index (χ4v) is 3.22. The van der Waals surface area contributed by atoms with Gasteiger partial charge >= 0.3 is 0 Å². The van der Waals surface area contributed by atoms with Crippen LogP contribution in [0.4, 0.5) is 0 Å². The summed E-state index contributed by atoms with van der Waals surface area (Å²) in [5.41, 5.74) is 1.04. The van der Waals surface area contributed by atoms with Gasteiger partial charge in [0.15, 0.2) is 0 Å². The largest absolute Gasteiger partial charge is 0.467 e. The number of aliphatic hydroxyl groups is 1. The molecule has 1 aliphatic carbocycles. The molecule has 0 saturated heterocycles. The first-order valence-corrected chi connectivity index (χ1v) is 8.20. The van der Waals surface area contributed by atoms with Crippen LogP contribution in [0.1, 0.15) is 43.1 Å². The zero-order chi connectivity index (χ0) is 16.4. The van der Waals surface area contributed by atoms with Crippen LogP contribution in [-0.2, 0) is 4.79 Å². The predicted octanol–water partition coefficient (Wildman–Crippen LogP) is 3.66. The number of aliphatic hydroxyl groups excluding tert-OH is 1. The third kappa shape index (κ3) is 3.77. The Morgan fingerprint density at radius 3 is 2.87 bits per heavy atom. The minimum Gasteiger partial charge on any atom is -0.467 e. The number of hydrogen-bond acceptors (Lipinski definition) is 3. The molecule has 1 heterocycles. The van der Waals surface area contributed by atoms with Crippen molar-refractivity contribution in [1.82, 2.24) is 5.32 Å². The van der Waals surface area contributed by atoms with E-state index in [9.17, 15) is 9.90 Å². The first-order chi connectivity index (χ1) is 11.1. The minimum absolute atomic E-state index is 0.0223. The molecule has 2 N–H and O–H groups in total. The number of rotatable bonds is 6. The van der Waals surface area contributed by atoms with Gasteiger partial charge in [-0.15, -0.1) is 0 Å². The second kappa shape index (κ2) is 6.77. The number of amides is 1. The van der Waals surface area contributed by atoms with Crippen molar-refractivity contribution in [2.24, 2.45) is 5.92 Å². The number of benzene rings is 1. The van der Waals surface area contributed by atoms with Gasteiger partial charge in [0, 0.05) is 23.4 Å². The number of hydrogen-bond donors (Lipinski definition) is 2. The maximum absolute atomic E-state index is 12.3. The molecule has 4 nitrogen and oxygen atoms in total. The van der Waals surface area contributed by atoms with Crippen molar-refractivity contribution < 1.29 is 14.3 Å². The molecule has 0 bridgehead atoms. The average molecular weight is 334 g/mol. The lowest BCUT2D eigenvalue weighted by Gasteiger charge is -2.16. The van der Waals surface area contributed by atoms with E-state index in [0.29, 0.717) is 17.2 Å². The van der Waals surface area contributed by atoms with E-state index in [2.05, 4.69) is 5.32 Å². The lowest BCUT2D eigenvalue weighted by Crippen LogP contribution is -2.35. The van der Waals surface area contributed by atoms with Gasteiger partial charge in [-0.2, -0.15) is 0 Å². The van der Waals surface area contributed by atoms with E-state index in [1.165, 1.54) is 6.26 Å². The summed E-state index contributed by atoms with van der Waals surface area (Å²) in [6.45, 7) is 1.89. The summed E-state index contributed by atoms with van der Waals surface area (Å²) < 4.78 is 5.17. The van der Waals surface area contributed by atoms with Crippen molar-refractivity contribution >= 4 is 17.5 Å². The highest BCUT2D eigenvalue weighted by molar-refractivity contribution is 6.31. The maximum Gasteiger partial charge on any atom is 0.223 e. The third-order valence-corrected chi connectivity index (χ3v) is 4.61. The Morgan fingerprint density at radius 2 is 2.17 bits per heavy atom. The zero-order valence-electron chi connectivity index (χ0n) is 12.9. The van der Waals surface area contributed by atoms with Crippen molar-refractivity contribution in [2.45, 2.75) is 37.8 Å². The Kier molecular flexibility index (Phi) is 4.74. The SMILES string of the molecule is CC(CC(O)c1ccco1)NC(=O)C1CC1c1ccccc1Cl. The van der Waals surface area contributed by atoms with Crippen LogP contribution in [0.5, 0.6) is 0 Å². The van der Waals surface area contributed by atoms with E-state index in [4.69, 9.17) is 16.0 Å². The number of nitrogens with one attached hydrogen (secondary N) is 1. The summed E-state index contributed by atoms with van der Waals surface area (Å²) in [5, 5.41) is 13.7. The number of halogens is 1. The van der Waals surface area contributed by atoms with Crippen LogP contribution in [0.15, 0.2) is 47.1 Å². The monoisotopic (exact) mass is 333 g/mol. The lowest BCUT2D eigenvalue weighted by molar-refractivity contribution is -0.123. The summed E-state index contributed by atoms with van der Waals surface area (Å²) in [6.07, 6.45) is 2.06. The zero-order valence-corrected chi connectivity index (χ0v) is 13.7. The van der Waals surface area contributed by atoms with Gasteiger partial charge in [0.2, 0.25) is 5.91 Å². The van der Waals surface area contributed by atoms with Crippen LogP contribution >= 0.6 is 11.6 Å². The molecule has 1 saturated carbocycles. The lowest BCUT2D eigenvalue weighted by atomic mass is 10.1. The van der Waals surface area contributed by atoms with Crippen LogP contribution < -0.4 is 5.32 Å². The second-order valence-electron chi connectivity index (χ2n) is 6.15. The quantitative estimate of drug-likeness (QED) is 0.848. The molecule has 4 atom stereocenters. The predicted molar refractivity (Wildman–Crippen MR) is 88.2 cm³/mol. The van der Waals surface area contributed by atoms with E-state index in [0.717, 1.165) is 12.0 Å². The van der Waals surface area contributed by atoms with Crippen molar-refractivity contribution in [1.29, 1.82) is 0 Å². The Balaban J connectivity index is 1.51. The minimum atomic E-state index is -0.709. The van der Waals surface area contributed by atoms with Gasteiger partial charge in [-0.3, -0.25) is 4.79 Å². The fraction of sp³-hybridized carbons (Fsp3) is 0.389. The molecule has 3 rings (SSSR count). The fourth-order valence-electron chi connectivity index (χ4n) is 2.95. The van der Waals surface area contributed by atoms with Crippen LogP contribution in [0.25, 0.3) is 0 Å². The summed E-state index contributed by atoms with van der Waals surface area (Å²) in [7, 11) is 0. The van der Waals surface area contributed by atoms with Crippen molar-refractivity contribution in [3.8, 4) is 0 Å². The van der Waals surface area contributed by atoms with Gasteiger partial charge < -0.3 is 14.8 Å². The van der Waals surface area contributed by atoms with Crippen LogP contribution in [0.3, 0.4) is 0 Å². The normalized spacial score (nSPS) is 22.4. The molecule has 1 aromatic carbocycles. The summed E-state index contributed by atoms with van der Waals surface area (Å²) in [5.74, 6) is 0.713. The van der Waals surface area contributed by atoms with Crippen LogP contribution in [-0.4, -0.2) is 17.1 Å². The Bertz CT molecular complexity index is 671. The van der Waals surface area contributed by atoms with Crippen molar-refractivity contribution in [3.63, 3.8) is 0 Å². The summed E-state index contributed by atoms with van der Waals surface area (Å²) >= 11 is 6.19. The van der Waals surface area contributed by atoms with Crippen LogP contribution in [0.2, 0.25) is 5.02 Å². The molecule has 1 fully saturated rings. The van der Waals surface area contributed by atoms with Gasteiger partial charge in [0.1, 0.15) is 11.9 Å². The van der Waals surface area contributed by atoms with E-state index in [-0.39, 0.29) is 23.8 Å². The van der Waals surface area contributed by atoms with Crippen molar-refractivity contribution in [2.75, 3.05) is 0 Å². The molecule has 2 aromatic rings. The van der Waals surface area contributed by atoms with E-state index in [1.54, 1.807) is 12.1 Å². The topological polar surface area (TPSA) is 62.5 Å². The van der Waals surface area contributed by atoms with Gasteiger partial charge in [-0.25, -0.2) is 0 Å². The molecule has 23 heavy (non-hydrogen) atoms. The molecule has 4 unspecified atom stereocenters. The highest BCUT2D eigenvalue weighted by Crippen LogP contribution is 2.49. The van der Waals surface area contributed by atoms with Crippen LogP contribution in [0, 0.1) is 5.92 Å². The number of carbonyl (C=O) groups is 1. The first kappa shape index (κ1) is 16.1. The molecule has 0 spiro atoms. The highest BCUT2D eigenvalue weighted by Gasteiger charge is 2.45. The maximum atomic E-state index is 12.3. The number of carbonyl (C=O) groups excluding carboxylic acids is 1. The second-order valence-corrected chi connectivity index (χ2v) is 6.55.